The van der Waals surface area contributed by atoms with E-state index in [1.165, 1.54) is 0 Å². The van der Waals surface area contributed by atoms with E-state index >= 15 is 0 Å². The Balaban J connectivity index is 1.84. The second-order valence-electron chi connectivity index (χ2n) is 4.31. The number of hydrogen-bond acceptors (Lipinski definition) is 4. The lowest BCUT2D eigenvalue weighted by Crippen LogP contribution is -2.28. The van der Waals surface area contributed by atoms with Crippen molar-refractivity contribution < 1.29 is 4.79 Å². The molecule has 0 radical (unpaired) electrons. The van der Waals surface area contributed by atoms with Gasteiger partial charge in [-0.25, -0.2) is 4.98 Å². The molecule has 0 bridgehead atoms. The van der Waals surface area contributed by atoms with Crippen LogP contribution < -0.4 is 11.1 Å². The molecular formula is C14H13N5O. The number of amides is 1. The maximum atomic E-state index is 12.2. The van der Waals surface area contributed by atoms with Crippen molar-refractivity contribution in [3.8, 4) is 0 Å². The molecule has 0 saturated carbocycles. The summed E-state index contributed by atoms with van der Waals surface area (Å²) in [5.41, 5.74) is 7.37. The molecule has 0 aliphatic rings. The van der Waals surface area contributed by atoms with Gasteiger partial charge in [-0.2, -0.15) is 9.61 Å². The van der Waals surface area contributed by atoms with Crippen LogP contribution in [0.4, 0.5) is 5.82 Å². The fraction of sp³-hybridized carbons (Fsp3) is 0.0714. The lowest BCUT2D eigenvalue weighted by molar-refractivity contribution is -0.117. The Kier molecular flexibility index (Phi) is 3.14. The zero-order valence-corrected chi connectivity index (χ0v) is 10.6. The van der Waals surface area contributed by atoms with Crippen molar-refractivity contribution in [2.75, 3.05) is 5.32 Å². The first-order chi connectivity index (χ1) is 9.75. The van der Waals surface area contributed by atoms with E-state index in [0.29, 0.717) is 11.5 Å². The van der Waals surface area contributed by atoms with Crippen LogP contribution in [0, 0.1) is 0 Å². The predicted octanol–water partition coefficient (Wildman–Crippen LogP) is 1.37. The molecular weight excluding hydrogens is 254 g/mol. The fourth-order valence-electron chi connectivity index (χ4n) is 1.94. The van der Waals surface area contributed by atoms with Crippen LogP contribution in [0.15, 0.2) is 54.9 Å². The highest BCUT2D eigenvalue weighted by molar-refractivity contribution is 5.94. The number of nitrogens with zero attached hydrogens (tertiary/aromatic N) is 3. The first-order valence-electron chi connectivity index (χ1n) is 6.16. The molecule has 2 heterocycles. The maximum absolute atomic E-state index is 12.2. The molecule has 1 atom stereocenters. The highest BCUT2D eigenvalue weighted by Crippen LogP contribution is 2.14. The Morgan fingerprint density at radius 2 is 1.95 bits per heavy atom. The first-order valence-corrected chi connectivity index (χ1v) is 6.16. The predicted molar refractivity (Wildman–Crippen MR) is 75.0 cm³/mol. The molecule has 1 unspecified atom stereocenters. The molecule has 3 rings (SSSR count). The smallest absolute Gasteiger partial charge is 0.247 e. The number of nitrogens with two attached hydrogens (primary N) is 1. The second kappa shape index (κ2) is 5.10. The lowest BCUT2D eigenvalue weighted by atomic mass is 10.1. The largest absolute Gasteiger partial charge is 0.316 e. The van der Waals surface area contributed by atoms with Gasteiger partial charge in [0, 0.05) is 12.3 Å². The summed E-state index contributed by atoms with van der Waals surface area (Å²) in [6, 6.07) is 11.9. The minimum Gasteiger partial charge on any atom is -0.316 e. The molecule has 0 aliphatic heterocycles. The van der Waals surface area contributed by atoms with Crippen LogP contribution in [0.25, 0.3) is 5.65 Å². The topological polar surface area (TPSA) is 85.3 Å². The van der Waals surface area contributed by atoms with E-state index in [1.807, 2.05) is 30.3 Å². The van der Waals surface area contributed by atoms with E-state index in [0.717, 1.165) is 5.56 Å². The van der Waals surface area contributed by atoms with Crippen LogP contribution in [0.5, 0.6) is 0 Å². The Morgan fingerprint density at radius 1 is 1.15 bits per heavy atom. The van der Waals surface area contributed by atoms with Crippen molar-refractivity contribution in [1.29, 1.82) is 0 Å². The van der Waals surface area contributed by atoms with Crippen molar-refractivity contribution in [3.05, 3.63) is 60.4 Å². The number of hydrogen-bond donors (Lipinski definition) is 2. The number of carbonyl (C=O) groups excluding carboxylic acids is 1. The van der Waals surface area contributed by atoms with Gasteiger partial charge >= 0.3 is 0 Å². The van der Waals surface area contributed by atoms with Crippen molar-refractivity contribution in [2.45, 2.75) is 6.04 Å². The van der Waals surface area contributed by atoms with Gasteiger partial charge in [0.05, 0.1) is 6.20 Å². The summed E-state index contributed by atoms with van der Waals surface area (Å²) in [5.74, 6) is 0.246. The second-order valence-corrected chi connectivity index (χ2v) is 4.31. The van der Waals surface area contributed by atoms with Gasteiger partial charge in [0.2, 0.25) is 5.91 Å². The van der Waals surface area contributed by atoms with Gasteiger partial charge in [-0.15, -0.1) is 0 Å². The number of anilines is 1. The van der Waals surface area contributed by atoms with Crippen LogP contribution in [0.3, 0.4) is 0 Å². The fourth-order valence-corrected chi connectivity index (χ4v) is 1.94. The summed E-state index contributed by atoms with van der Waals surface area (Å²) in [6.45, 7) is 0. The summed E-state index contributed by atoms with van der Waals surface area (Å²) in [6.07, 6.45) is 3.23. The zero-order valence-electron chi connectivity index (χ0n) is 10.6. The van der Waals surface area contributed by atoms with Gasteiger partial charge in [-0.3, -0.25) is 4.79 Å². The van der Waals surface area contributed by atoms with Crippen molar-refractivity contribution >= 4 is 17.4 Å². The molecule has 1 aromatic carbocycles. The van der Waals surface area contributed by atoms with E-state index in [-0.39, 0.29) is 5.91 Å². The number of carbonyl (C=O) groups is 1. The Bertz CT molecular complexity index is 737. The highest BCUT2D eigenvalue weighted by Gasteiger charge is 2.16. The van der Waals surface area contributed by atoms with E-state index in [2.05, 4.69) is 15.4 Å². The SMILES string of the molecule is NC(C(=O)Nc1ccnc2ccnn12)c1ccccc1. The number of fused-ring (bicyclic) bond motifs is 1. The summed E-state index contributed by atoms with van der Waals surface area (Å²) < 4.78 is 1.55. The minimum atomic E-state index is -0.727. The van der Waals surface area contributed by atoms with Gasteiger partial charge in [-0.1, -0.05) is 30.3 Å². The Hall–Kier alpha value is -2.73. The summed E-state index contributed by atoms with van der Waals surface area (Å²) in [7, 11) is 0. The average molecular weight is 267 g/mol. The first kappa shape index (κ1) is 12.3. The molecule has 0 fully saturated rings. The van der Waals surface area contributed by atoms with Crippen LogP contribution in [0.2, 0.25) is 0 Å². The third-order valence-electron chi connectivity index (χ3n) is 2.98. The lowest BCUT2D eigenvalue weighted by Gasteiger charge is -2.13. The van der Waals surface area contributed by atoms with Crippen molar-refractivity contribution in [1.82, 2.24) is 14.6 Å². The molecule has 3 N–H and O–H groups in total. The minimum absolute atomic E-state index is 0.292. The van der Waals surface area contributed by atoms with Crippen molar-refractivity contribution in [2.24, 2.45) is 5.73 Å². The van der Waals surface area contributed by atoms with Crippen LogP contribution in [0.1, 0.15) is 11.6 Å². The third kappa shape index (κ3) is 2.24. The van der Waals surface area contributed by atoms with E-state index in [4.69, 9.17) is 5.73 Å². The van der Waals surface area contributed by atoms with Gasteiger partial charge in [0.25, 0.3) is 0 Å². The van der Waals surface area contributed by atoms with Crippen molar-refractivity contribution in [3.63, 3.8) is 0 Å². The standard InChI is InChI=1S/C14H13N5O/c15-13(10-4-2-1-3-5-10)14(20)18-12-6-8-16-11-7-9-17-19(11)12/h1-9,13H,15H2,(H,18,20). The Morgan fingerprint density at radius 3 is 2.75 bits per heavy atom. The zero-order chi connectivity index (χ0) is 13.9. The van der Waals surface area contributed by atoms with Crippen LogP contribution in [-0.4, -0.2) is 20.5 Å². The molecule has 6 heteroatoms. The van der Waals surface area contributed by atoms with Gasteiger partial charge in [-0.05, 0) is 11.6 Å². The summed E-state index contributed by atoms with van der Waals surface area (Å²) >= 11 is 0. The van der Waals surface area contributed by atoms with Crippen LogP contribution in [-0.2, 0) is 4.79 Å². The molecule has 6 nitrogen and oxygen atoms in total. The van der Waals surface area contributed by atoms with Gasteiger partial charge < -0.3 is 11.1 Å². The quantitative estimate of drug-likeness (QED) is 0.750. The molecule has 2 aromatic heterocycles. The van der Waals surface area contributed by atoms with E-state index in [1.54, 1.807) is 29.0 Å². The number of benzene rings is 1. The monoisotopic (exact) mass is 267 g/mol. The Labute approximate surface area is 115 Å². The summed E-state index contributed by atoms with van der Waals surface area (Å²) in [5, 5.41) is 6.87. The molecule has 0 aliphatic carbocycles. The van der Waals surface area contributed by atoms with Gasteiger partial charge in [0.1, 0.15) is 11.9 Å². The summed E-state index contributed by atoms with van der Waals surface area (Å²) in [4.78, 5) is 16.3. The molecule has 20 heavy (non-hydrogen) atoms. The molecule has 3 aromatic rings. The molecule has 0 spiro atoms. The third-order valence-corrected chi connectivity index (χ3v) is 2.98. The number of aromatic nitrogens is 3. The average Bonchev–Trinajstić information content (AvgIpc) is 2.97. The molecule has 1 amide bonds. The molecule has 0 saturated heterocycles. The maximum Gasteiger partial charge on any atom is 0.247 e. The number of nitrogens with one attached hydrogen (secondary N) is 1. The highest BCUT2D eigenvalue weighted by atomic mass is 16.2. The van der Waals surface area contributed by atoms with Crippen LogP contribution >= 0.6 is 0 Å². The normalized spacial score (nSPS) is 12.2. The van der Waals surface area contributed by atoms with E-state index < -0.39 is 6.04 Å². The number of rotatable bonds is 3. The van der Waals surface area contributed by atoms with E-state index in [9.17, 15) is 4.79 Å². The molecule has 100 valence electrons. The van der Waals surface area contributed by atoms with Gasteiger partial charge in [0.15, 0.2) is 5.65 Å².